The topological polar surface area (TPSA) is 127 Å². The number of anilines is 1. The van der Waals surface area contributed by atoms with Gasteiger partial charge in [-0.15, -0.1) is 0 Å². The number of hydrogen-bond acceptors (Lipinski definition) is 6. The lowest BCUT2D eigenvalue weighted by atomic mass is 10.2. The van der Waals surface area contributed by atoms with Gasteiger partial charge in [-0.25, -0.2) is 13.8 Å². The van der Waals surface area contributed by atoms with Crippen molar-refractivity contribution in [3.8, 4) is 5.69 Å². The molecule has 0 spiro atoms. The molecule has 0 atom stereocenters. The molecule has 0 unspecified atom stereocenters. The number of carbonyl (C=O) groups is 1. The number of sulfonamides is 1. The number of hydrazone groups is 1. The molecule has 1 amide bonds. The third-order valence-electron chi connectivity index (χ3n) is 6.12. The molecule has 200 valence electrons. The van der Waals surface area contributed by atoms with Gasteiger partial charge in [-0.2, -0.15) is 5.10 Å². The van der Waals surface area contributed by atoms with Crippen molar-refractivity contribution in [3.63, 3.8) is 0 Å². The highest BCUT2D eigenvalue weighted by atomic mass is 32.2. The highest BCUT2D eigenvalue weighted by molar-refractivity contribution is 7.93. The van der Waals surface area contributed by atoms with Crippen LogP contribution in [0.15, 0.2) is 94.9 Å². The third kappa shape index (κ3) is 5.88. The maximum Gasteiger partial charge on any atom is 0.289 e. The molecule has 11 heteroatoms. The Kier molecular flexibility index (Phi) is 7.91. The van der Waals surface area contributed by atoms with Gasteiger partial charge in [0.1, 0.15) is 6.54 Å². The molecule has 0 saturated carbocycles. The number of nitro groups is 1. The minimum absolute atomic E-state index is 0.177. The van der Waals surface area contributed by atoms with E-state index in [0.29, 0.717) is 0 Å². The largest absolute Gasteiger partial charge is 0.318 e. The summed E-state index contributed by atoms with van der Waals surface area (Å²) >= 11 is 0. The van der Waals surface area contributed by atoms with Gasteiger partial charge in [-0.05, 0) is 57.2 Å². The summed E-state index contributed by atoms with van der Waals surface area (Å²) in [7, 11) is -4.47. The van der Waals surface area contributed by atoms with Crippen LogP contribution in [-0.4, -0.2) is 36.6 Å². The van der Waals surface area contributed by atoms with E-state index in [4.69, 9.17) is 0 Å². The Hall–Kier alpha value is -4.77. The number of hydrogen-bond donors (Lipinski definition) is 1. The first-order valence-electron chi connectivity index (χ1n) is 12.0. The highest BCUT2D eigenvalue weighted by Gasteiger charge is 2.33. The number of amides is 1. The monoisotopic (exact) mass is 545 g/mol. The molecule has 4 rings (SSSR count). The molecule has 0 fully saturated rings. The van der Waals surface area contributed by atoms with E-state index in [-0.39, 0.29) is 5.69 Å². The summed E-state index contributed by atoms with van der Waals surface area (Å²) in [6.45, 7) is 5.28. The summed E-state index contributed by atoms with van der Waals surface area (Å²) in [6.07, 6.45) is 1.49. The summed E-state index contributed by atoms with van der Waals surface area (Å²) < 4.78 is 30.0. The predicted octanol–water partition coefficient (Wildman–Crippen LogP) is 4.66. The van der Waals surface area contributed by atoms with Crippen molar-refractivity contribution in [1.82, 2.24) is 9.99 Å². The van der Waals surface area contributed by atoms with E-state index in [1.54, 1.807) is 18.2 Å². The first-order chi connectivity index (χ1) is 18.6. The van der Waals surface area contributed by atoms with Crippen molar-refractivity contribution in [2.24, 2.45) is 5.10 Å². The number of nitrogens with one attached hydrogen (secondary N) is 1. The molecule has 1 heterocycles. The Balaban J connectivity index is 1.57. The van der Waals surface area contributed by atoms with Crippen LogP contribution in [0.3, 0.4) is 0 Å². The Labute approximate surface area is 226 Å². The second-order valence-corrected chi connectivity index (χ2v) is 10.7. The van der Waals surface area contributed by atoms with Crippen LogP contribution in [-0.2, 0) is 14.8 Å². The van der Waals surface area contributed by atoms with Gasteiger partial charge < -0.3 is 4.57 Å². The number of aryl methyl sites for hydroxylation is 2. The van der Waals surface area contributed by atoms with Crippen molar-refractivity contribution in [2.75, 3.05) is 10.8 Å². The number of rotatable bonds is 9. The Morgan fingerprint density at radius 1 is 1.00 bits per heavy atom. The lowest BCUT2D eigenvalue weighted by Crippen LogP contribution is -2.39. The summed E-state index contributed by atoms with van der Waals surface area (Å²) in [5, 5.41) is 15.6. The normalized spacial score (nSPS) is 11.5. The van der Waals surface area contributed by atoms with Gasteiger partial charge in [0.05, 0.1) is 16.8 Å². The van der Waals surface area contributed by atoms with Gasteiger partial charge in [-0.3, -0.25) is 19.2 Å². The molecule has 1 aromatic heterocycles. The number of aromatic nitrogens is 1. The van der Waals surface area contributed by atoms with Crippen LogP contribution < -0.4 is 9.73 Å². The van der Waals surface area contributed by atoms with Gasteiger partial charge in [-0.1, -0.05) is 48.0 Å². The molecule has 1 N–H and O–H groups in total. The Morgan fingerprint density at radius 3 is 2.31 bits per heavy atom. The van der Waals surface area contributed by atoms with Crippen LogP contribution in [0.4, 0.5) is 11.4 Å². The maximum atomic E-state index is 13.5. The zero-order valence-electron chi connectivity index (χ0n) is 21.6. The molecule has 0 bridgehead atoms. The van der Waals surface area contributed by atoms with Crippen LogP contribution in [0.1, 0.15) is 22.5 Å². The van der Waals surface area contributed by atoms with Crippen molar-refractivity contribution >= 4 is 33.5 Å². The van der Waals surface area contributed by atoms with E-state index in [2.05, 4.69) is 15.1 Å². The first kappa shape index (κ1) is 27.3. The fourth-order valence-electron chi connectivity index (χ4n) is 4.20. The number of para-hydroxylation sites is 2. The fraction of sp³-hybridized carbons (Fsp3) is 0.143. The maximum absolute atomic E-state index is 13.5. The SMILES string of the molecule is Cc1ccc(-n2c(C)cc(/C=N\NC(=O)CN(c3ccccc3)S(=O)(=O)c3ccccc3[N+](=O)[O-])c2C)cc1. The molecule has 0 saturated heterocycles. The Morgan fingerprint density at radius 2 is 1.64 bits per heavy atom. The zero-order chi connectivity index (χ0) is 28.2. The van der Waals surface area contributed by atoms with Gasteiger partial charge in [0.15, 0.2) is 4.90 Å². The van der Waals surface area contributed by atoms with Crippen molar-refractivity contribution in [1.29, 1.82) is 0 Å². The lowest BCUT2D eigenvalue weighted by molar-refractivity contribution is -0.387. The average Bonchev–Trinajstić information content (AvgIpc) is 3.20. The summed E-state index contributed by atoms with van der Waals surface area (Å²) in [6, 6.07) is 23.0. The van der Waals surface area contributed by atoms with E-state index >= 15 is 0 Å². The van der Waals surface area contributed by atoms with Crippen molar-refractivity contribution in [2.45, 2.75) is 25.7 Å². The molecule has 0 aliphatic carbocycles. The van der Waals surface area contributed by atoms with Crippen LogP contribution in [0.2, 0.25) is 0 Å². The molecular weight excluding hydrogens is 518 g/mol. The van der Waals surface area contributed by atoms with Crippen LogP contribution in [0, 0.1) is 30.9 Å². The number of benzene rings is 3. The van der Waals surface area contributed by atoms with E-state index < -0.39 is 38.0 Å². The molecule has 0 radical (unpaired) electrons. The Bertz CT molecular complexity index is 1650. The molecule has 39 heavy (non-hydrogen) atoms. The molecule has 10 nitrogen and oxygen atoms in total. The standard InChI is InChI=1S/C28H27N5O5S/c1-20-13-15-25(16-14-20)32-21(2)17-23(22(32)3)18-29-30-28(34)19-31(24-9-5-4-6-10-24)39(37,38)27-12-8-7-11-26(27)33(35)36/h4-18H,19H2,1-3H3,(H,30,34)/b29-18-. The molecule has 0 aliphatic heterocycles. The van der Waals surface area contributed by atoms with Gasteiger partial charge >= 0.3 is 0 Å². The van der Waals surface area contributed by atoms with Crippen molar-refractivity contribution < 1.29 is 18.1 Å². The quantitative estimate of drug-likeness (QED) is 0.186. The second-order valence-electron chi connectivity index (χ2n) is 8.86. The van der Waals surface area contributed by atoms with Crippen LogP contribution in [0.5, 0.6) is 0 Å². The second kappa shape index (κ2) is 11.3. The van der Waals surface area contributed by atoms with E-state index in [0.717, 1.165) is 44.6 Å². The van der Waals surface area contributed by atoms with Gasteiger partial charge in [0.2, 0.25) is 0 Å². The van der Waals surface area contributed by atoms with Crippen LogP contribution in [0.25, 0.3) is 5.69 Å². The fourth-order valence-corrected chi connectivity index (χ4v) is 5.78. The summed E-state index contributed by atoms with van der Waals surface area (Å²) in [5.41, 5.74) is 6.80. The smallest absolute Gasteiger partial charge is 0.289 e. The van der Waals surface area contributed by atoms with Crippen LogP contribution >= 0.6 is 0 Å². The van der Waals surface area contributed by atoms with E-state index in [1.807, 2.05) is 51.1 Å². The molecule has 3 aromatic carbocycles. The number of nitrogens with zero attached hydrogens (tertiary/aromatic N) is 4. The number of carbonyl (C=O) groups excluding carboxylic acids is 1. The molecule has 4 aromatic rings. The van der Waals surface area contributed by atoms with Crippen molar-refractivity contribution in [3.05, 3.63) is 118 Å². The first-order valence-corrected chi connectivity index (χ1v) is 13.4. The zero-order valence-corrected chi connectivity index (χ0v) is 22.4. The predicted molar refractivity (Wildman–Crippen MR) is 150 cm³/mol. The summed E-state index contributed by atoms with van der Waals surface area (Å²) in [5.74, 6) is -0.718. The third-order valence-corrected chi connectivity index (χ3v) is 7.94. The number of nitro benzene ring substituents is 1. The minimum Gasteiger partial charge on any atom is -0.318 e. The molecule has 0 aliphatic rings. The molecular formula is C28H27N5O5S. The highest BCUT2D eigenvalue weighted by Crippen LogP contribution is 2.29. The average molecular weight is 546 g/mol. The van der Waals surface area contributed by atoms with Gasteiger partial charge in [0, 0.05) is 28.7 Å². The van der Waals surface area contributed by atoms with E-state index in [1.165, 1.54) is 30.5 Å². The van der Waals surface area contributed by atoms with E-state index in [9.17, 15) is 23.3 Å². The summed E-state index contributed by atoms with van der Waals surface area (Å²) in [4.78, 5) is 23.1. The van der Waals surface area contributed by atoms with Gasteiger partial charge in [0.25, 0.3) is 21.6 Å². The minimum atomic E-state index is -4.47. The lowest BCUT2D eigenvalue weighted by Gasteiger charge is -2.23.